The van der Waals surface area contributed by atoms with E-state index in [0.717, 1.165) is 5.56 Å². The van der Waals surface area contributed by atoms with E-state index < -0.39 is 0 Å². The van der Waals surface area contributed by atoms with Gasteiger partial charge >= 0.3 is 0 Å². The number of rotatable bonds is 5. The summed E-state index contributed by atoms with van der Waals surface area (Å²) in [5.41, 5.74) is 3.31. The minimum absolute atomic E-state index is 0.113. The highest BCUT2D eigenvalue weighted by molar-refractivity contribution is 6.34. The number of ether oxygens (including phenoxy) is 1. The van der Waals surface area contributed by atoms with Crippen LogP contribution in [0.3, 0.4) is 0 Å². The number of amides is 1. The van der Waals surface area contributed by atoms with Gasteiger partial charge in [0.2, 0.25) is 0 Å². The number of benzene rings is 1. The molecule has 0 aliphatic rings. The molecule has 0 fully saturated rings. The zero-order valence-corrected chi connectivity index (χ0v) is 15.6. The molecule has 0 unspecified atom stereocenters. The van der Waals surface area contributed by atoms with E-state index in [1.54, 1.807) is 14.2 Å². The Morgan fingerprint density at radius 2 is 1.92 bits per heavy atom. The summed E-state index contributed by atoms with van der Waals surface area (Å²) in [5.74, 6) is -0.253. The minimum Gasteiger partial charge on any atom is -0.378 e. The molecular weight excluding hydrogens is 326 g/mol. The predicted molar refractivity (Wildman–Crippen MR) is 95.2 cm³/mol. The zero-order valence-electron chi connectivity index (χ0n) is 14.8. The summed E-state index contributed by atoms with van der Waals surface area (Å²) < 4.78 is 6.51. The molecule has 1 aromatic carbocycles. The molecule has 2 rings (SSSR count). The summed E-state index contributed by atoms with van der Waals surface area (Å²) in [4.78, 5) is 12.4. The van der Waals surface area contributed by atoms with E-state index in [0.29, 0.717) is 23.0 Å². The predicted octanol–water partition coefficient (Wildman–Crippen LogP) is 3.45. The number of halogens is 1. The van der Waals surface area contributed by atoms with Crippen molar-refractivity contribution in [1.29, 1.82) is 0 Å². The lowest BCUT2D eigenvalue weighted by atomic mass is 9.87. The van der Waals surface area contributed by atoms with Gasteiger partial charge in [-0.05, 0) is 16.5 Å². The average molecular weight is 350 g/mol. The van der Waals surface area contributed by atoms with E-state index in [9.17, 15) is 4.79 Å². The summed E-state index contributed by atoms with van der Waals surface area (Å²) in [6, 6.07) is 8.24. The first-order chi connectivity index (χ1) is 11.2. The van der Waals surface area contributed by atoms with Crippen LogP contribution in [0.5, 0.6) is 0 Å². The number of aryl methyl sites for hydroxylation is 1. The van der Waals surface area contributed by atoms with E-state index in [4.69, 9.17) is 16.3 Å². The molecule has 0 saturated heterocycles. The summed E-state index contributed by atoms with van der Waals surface area (Å²) in [6.07, 6.45) is 0. The summed E-state index contributed by atoms with van der Waals surface area (Å²) in [7, 11) is 3.25. The normalized spacial score (nSPS) is 11.6. The molecule has 1 amide bonds. The van der Waals surface area contributed by atoms with Crippen molar-refractivity contribution in [3.8, 4) is 0 Å². The quantitative estimate of drug-likeness (QED) is 0.899. The number of carbonyl (C=O) groups is 1. The Bertz CT molecular complexity index is 715. The molecule has 1 N–H and O–H groups in total. The topological polar surface area (TPSA) is 56.2 Å². The van der Waals surface area contributed by atoms with Crippen LogP contribution in [0.2, 0.25) is 5.02 Å². The molecule has 0 atom stereocenters. The first kappa shape index (κ1) is 18.5. The van der Waals surface area contributed by atoms with E-state index >= 15 is 0 Å². The third-order valence-corrected chi connectivity index (χ3v) is 4.22. The van der Waals surface area contributed by atoms with E-state index in [2.05, 4.69) is 43.3 Å². The molecule has 0 aliphatic carbocycles. The van der Waals surface area contributed by atoms with Gasteiger partial charge in [0.15, 0.2) is 0 Å². The first-order valence-electron chi connectivity index (χ1n) is 7.82. The number of methoxy groups -OCH3 is 1. The van der Waals surface area contributed by atoms with Crippen LogP contribution in [0.15, 0.2) is 24.3 Å². The van der Waals surface area contributed by atoms with Gasteiger partial charge in [-0.15, -0.1) is 0 Å². The fourth-order valence-electron chi connectivity index (χ4n) is 2.42. The van der Waals surface area contributed by atoms with Crippen molar-refractivity contribution in [3.63, 3.8) is 0 Å². The molecule has 0 aliphatic heterocycles. The van der Waals surface area contributed by atoms with Crippen molar-refractivity contribution in [2.75, 3.05) is 7.11 Å². The number of nitrogens with zero attached hydrogens (tertiary/aromatic N) is 2. The van der Waals surface area contributed by atoms with Crippen LogP contribution in [0.1, 0.15) is 48.1 Å². The van der Waals surface area contributed by atoms with E-state index in [-0.39, 0.29) is 17.9 Å². The largest absolute Gasteiger partial charge is 0.378 e. The van der Waals surface area contributed by atoms with E-state index in [1.165, 1.54) is 10.2 Å². The van der Waals surface area contributed by atoms with Crippen molar-refractivity contribution in [3.05, 3.63) is 51.8 Å². The summed E-state index contributed by atoms with van der Waals surface area (Å²) in [6.45, 7) is 7.22. The standard InChI is InChI=1S/C18H24ClN3O2/c1-18(2,3)13-8-6-12(7-9-13)10-20-17(23)16-15(19)14(11-24-5)21-22(16)4/h6-9H,10-11H2,1-5H3,(H,20,23). The van der Waals surface area contributed by atoms with Gasteiger partial charge in [0, 0.05) is 20.7 Å². The van der Waals surface area contributed by atoms with Crippen molar-refractivity contribution in [2.45, 2.75) is 39.3 Å². The van der Waals surface area contributed by atoms with Gasteiger partial charge in [-0.3, -0.25) is 9.48 Å². The molecule has 0 spiro atoms. The van der Waals surface area contributed by atoms with Crippen LogP contribution in [0.4, 0.5) is 0 Å². The van der Waals surface area contributed by atoms with Crippen LogP contribution in [-0.2, 0) is 30.4 Å². The highest BCUT2D eigenvalue weighted by Crippen LogP contribution is 2.23. The maximum absolute atomic E-state index is 12.4. The average Bonchev–Trinajstić information content (AvgIpc) is 2.79. The van der Waals surface area contributed by atoms with Crippen LogP contribution in [0, 0.1) is 0 Å². The fourth-order valence-corrected chi connectivity index (χ4v) is 2.72. The zero-order chi connectivity index (χ0) is 17.9. The molecule has 1 aromatic heterocycles. The maximum atomic E-state index is 12.4. The molecular formula is C18H24ClN3O2. The molecule has 0 radical (unpaired) electrons. The van der Waals surface area contributed by atoms with Crippen LogP contribution < -0.4 is 5.32 Å². The van der Waals surface area contributed by atoms with Crippen LogP contribution in [-0.4, -0.2) is 22.8 Å². The minimum atomic E-state index is -0.253. The Balaban J connectivity index is 2.06. The summed E-state index contributed by atoms with van der Waals surface area (Å²) in [5, 5.41) is 7.43. The fraction of sp³-hybridized carbons (Fsp3) is 0.444. The first-order valence-corrected chi connectivity index (χ1v) is 8.19. The molecule has 1 heterocycles. The second kappa shape index (κ2) is 7.36. The molecule has 130 valence electrons. The highest BCUT2D eigenvalue weighted by Gasteiger charge is 2.20. The number of hydrogen-bond donors (Lipinski definition) is 1. The lowest BCUT2D eigenvalue weighted by Crippen LogP contribution is -2.25. The SMILES string of the molecule is COCc1nn(C)c(C(=O)NCc2ccc(C(C)(C)C)cc2)c1Cl. The van der Waals surface area contributed by atoms with Gasteiger partial charge in [-0.2, -0.15) is 5.10 Å². The third kappa shape index (κ3) is 4.16. The molecule has 24 heavy (non-hydrogen) atoms. The number of nitrogens with one attached hydrogen (secondary N) is 1. The van der Waals surface area contributed by atoms with Crippen molar-refractivity contribution in [2.24, 2.45) is 7.05 Å². The lowest BCUT2D eigenvalue weighted by molar-refractivity contribution is 0.0941. The van der Waals surface area contributed by atoms with Gasteiger partial charge in [0.25, 0.3) is 5.91 Å². The lowest BCUT2D eigenvalue weighted by Gasteiger charge is -2.19. The second-order valence-electron chi connectivity index (χ2n) is 6.80. The second-order valence-corrected chi connectivity index (χ2v) is 7.17. The third-order valence-electron chi connectivity index (χ3n) is 3.82. The molecule has 2 aromatic rings. The van der Waals surface area contributed by atoms with Crippen LogP contribution in [0.25, 0.3) is 0 Å². The van der Waals surface area contributed by atoms with Gasteiger partial charge < -0.3 is 10.1 Å². The Hall–Kier alpha value is -1.85. The monoisotopic (exact) mass is 349 g/mol. The van der Waals surface area contributed by atoms with Gasteiger partial charge in [0.05, 0.1) is 11.6 Å². The Labute approximate surface area is 148 Å². The molecule has 6 heteroatoms. The number of aromatic nitrogens is 2. The number of carbonyl (C=O) groups excluding carboxylic acids is 1. The highest BCUT2D eigenvalue weighted by atomic mass is 35.5. The summed E-state index contributed by atoms with van der Waals surface area (Å²) >= 11 is 6.23. The Morgan fingerprint density at radius 3 is 2.46 bits per heavy atom. The molecule has 0 bridgehead atoms. The maximum Gasteiger partial charge on any atom is 0.271 e. The van der Waals surface area contributed by atoms with E-state index in [1.807, 2.05) is 12.1 Å². The van der Waals surface area contributed by atoms with Gasteiger partial charge in [-0.25, -0.2) is 0 Å². The van der Waals surface area contributed by atoms with Crippen molar-refractivity contribution >= 4 is 17.5 Å². The van der Waals surface area contributed by atoms with Gasteiger partial charge in [0.1, 0.15) is 11.4 Å². The Morgan fingerprint density at radius 1 is 1.29 bits per heavy atom. The molecule has 5 nitrogen and oxygen atoms in total. The van der Waals surface area contributed by atoms with Crippen molar-refractivity contribution in [1.82, 2.24) is 15.1 Å². The smallest absolute Gasteiger partial charge is 0.271 e. The molecule has 0 saturated carbocycles. The van der Waals surface area contributed by atoms with Crippen LogP contribution >= 0.6 is 11.6 Å². The van der Waals surface area contributed by atoms with Crippen molar-refractivity contribution < 1.29 is 9.53 Å². The Kier molecular flexibility index (Phi) is 5.67. The van der Waals surface area contributed by atoms with Gasteiger partial charge in [-0.1, -0.05) is 56.6 Å². The number of hydrogen-bond acceptors (Lipinski definition) is 3.